The van der Waals surface area contributed by atoms with Crippen molar-refractivity contribution in [2.45, 2.75) is 25.3 Å². The number of hydrogen-bond donors (Lipinski definition) is 1. The molecule has 2 aromatic rings. The van der Waals surface area contributed by atoms with Crippen LogP contribution < -0.4 is 5.32 Å². The van der Waals surface area contributed by atoms with E-state index in [1.54, 1.807) is 0 Å². The highest BCUT2D eigenvalue weighted by Crippen LogP contribution is 2.39. The van der Waals surface area contributed by atoms with Crippen molar-refractivity contribution in [3.8, 4) is 10.6 Å². The molecule has 1 aromatic carbocycles. The van der Waals surface area contributed by atoms with E-state index in [9.17, 15) is 0 Å². The largest absolute Gasteiger partial charge is 0.312 e. The van der Waals surface area contributed by atoms with Crippen LogP contribution in [0, 0.1) is 0 Å². The number of benzene rings is 1. The summed E-state index contributed by atoms with van der Waals surface area (Å²) >= 11 is 5.44. The first-order valence-electron chi connectivity index (χ1n) is 6.21. The van der Waals surface area contributed by atoms with E-state index in [1.807, 2.05) is 24.5 Å². The summed E-state index contributed by atoms with van der Waals surface area (Å²) in [6.45, 7) is 0. The fourth-order valence-corrected chi connectivity index (χ4v) is 4.34. The molecule has 0 spiro atoms. The van der Waals surface area contributed by atoms with Gasteiger partial charge in [0.1, 0.15) is 5.01 Å². The molecule has 2 nitrogen and oxygen atoms in total. The number of nitrogens with one attached hydrogen (secondary N) is 1. The number of halogens is 1. The number of aryl methyl sites for hydroxylation is 1. The van der Waals surface area contributed by atoms with Crippen LogP contribution in [0.3, 0.4) is 0 Å². The molecule has 0 fully saturated rings. The topological polar surface area (TPSA) is 24.9 Å². The lowest BCUT2D eigenvalue weighted by atomic mass is 9.98. The first-order chi connectivity index (χ1) is 8.79. The zero-order valence-corrected chi connectivity index (χ0v) is 12.6. The second-order valence-electron chi connectivity index (χ2n) is 4.54. The van der Waals surface area contributed by atoms with Gasteiger partial charge >= 0.3 is 0 Å². The van der Waals surface area contributed by atoms with Crippen molar-refractivity contribution in [2.75, 3.05) is 7.05 Å². The maximum atomic E-state index is 4.83. The lowest BCUT2D eigenvalue weighted by molar-refractivity contribution is 0.501. The van der Waals surface area contributed by atoms with Gasteiger partial charge in [0.25, 0.3) is 0 Å². The molecule has 4 heteroatoms. The molecule has 1 aromatic heterocycles. The fourth-order valence-electron chi connectivity index (χ4n) is 2.44. The lowest BCUT2D eigenvalue weighted by Gasteiger charge is -2.19. The Kier molecular flexibility index (Phi) is 3.50. The minimum absolute atomic E-state index is 0.488. The number of aromatic nitrogens is 1. The molecule has 0 radical (unpaired) electrons. The van der Waals surface area contributed by atoms with Crippen molar-refractivity contribution < 1.29 is 0 Å². The van der Waals surface area contributed by atoms with Gasteiger partial charge in [-0.05, 0) is 32.4 Å². The van der Waals surface area contributed by atoms with E-state index >= 15 is 0 Å². The molecule has 0 saturated heterocycles. The molecule has 1 atom stereocenters. The molecule has 0 saturated carbocycles. The average molecular weight is 323 g/mol. The molecular formula is C14H15BrN2S. The van der Waals surface area contributed by atoms with Crippen LogP contribution in [-0.4, -0.2) is 12.0 Å². The van der Waals surface area contributed by atoms with Crippen LogP contribution in [0.2, 0.25) is 0 Å². The second-order valence-corrected chi connectivity index (χ2v) is 6.43. The van der Waals surface area contributed by atoms with Gasteiger partial charge in [-0.15, -0.1) is 11.3 Å². The molecular weight excluding hydrogens is 308 g/mol. The number of nitrogens with zero attached hydrogens (tertiary/aromatic N) is 1. The summed E-state index contributed by atoms with van der Waals surface area (Å²) in [4.78, 5) is 6.25. The Morgan fingerprint density at radius 1 is 1.39 bits per heavy atom. The first kappa shape index (κ1) is 12.3. The maximum absolute atomic E-state index is 4.83. The fraction of sp³-hybridized carbons (Fsp3) is 0.357. The standard InChI is InChI=1S/C14H15BrN2S/c1-16-11-7-4-8-12-13(11)18-14(17-12)9-5-2-3-6-10(9)15/h2-3,5-6,11,16H,4,7-8H2,1H3. The first-order valence-corrected chi connectivity index (χ1v) is 7.82. The third-order valence-electron chi connectivity index (χ3n) is 3.40. The third-order valence-corrected chi connectivity index (χ3v) is 5.34. The molecule has 1 unspecified atom stereocenters. The molecule has 94 valence electrons. The number of rotatable bonds is 2. The van der Waals surface area contributed by atoms with Crippen LogP contribution in [0.4, 0.5) is 0 Å². The summed E-state index contributed by atoms with van der Waals surface area (Å²) in [5.74, 6) is 0. The SMILES string of the molecule is CNC1CCCc2nc(-c3ccccc3Br)sc21. The van der Waals surface area contributed by atoms with Gasteiger partial charge in [-0.1, -0.05) is 34.1 Å². The van der Waals surface area contributed by atoms with Crippen molar-refractivity contribution in [3.05, 3.63) is 39.3 Å². The van der Waals surface area contributed by atoms with Crippen molar-refractivity contribution in [2.24, 2.45) is 0 Å². The Morgan fingerprint density at radius 2 is 2.22 bits per heavy atom. The molecule has 1 heterocycles. The summed E-state index contributed by atoms with van der Waals surface area (Å²) in [6, 6.07) is 8.80. The average Bonchev–Trinajstić information content (AvgIpc) is 2.82. The minimum atomic E-state index is 0.488. The van der Waals surface area contributed by atoms with Gasteiger partial charge in [0.2, 0.25) is 0 Å². The monoisotopic (exact) mass is 322 g/mol. The quantitative estimate of drug-likeness (QED) is 0.897. The van der Waals surface area contributed by atoms with E-state index in [0.717, 1.165) is 15.9 Å². The van der Waals surface area contributed by atoms with Crippen molar-refractivity contribution in [1.82, 2.24) is 10.3 Å². The zero-order valence-electron chi connectivity index (χ0n) is 10.2. The highest BCUT2D eigenvalue weighted by atomic mass is 79.9. The Hall–Kier alpha value is -0.710. The maximum Gasteiger partial charge on any atom is 0.125 e. The molecule has 1 aliphatic rings. The summed E-state index contributed by atoms with van der Waals surface area (Å²) in [7, 11) is 2.04. The van der Waals surface area contributed by atoms with Gasteiger partial charge in [0.15, 0.2) is 0 Å². The lowest BCUT2D eigenvalue weighted by Crippen LogP contribution is -2.19. The predicted octanol–water partition coefficient (Wildman–Crippen LogP) is 4.17. The summed E-state index contributed by atoms with van der Waals surface area (Å²) in [6.07, 6.45) is 3.58. The Bertz CT molecular complexity index is 565. The molecule has 0 amide bonds. The van der Waals surface area contributed by atoms with Crippen LogP contribution in [0.25, 0.3) is 10.6 Å². The van der Waals surface area contributed by atoms with E-state index < -0.39 is 0 Å². The van der Waals surface area contributed by atoms with Crippen molar-refractivity contribution in [1.29, 1.82) is 0 Å². The summed E-state index contributed by atoms with van der Waals surface area (Å²) in [5.41, 5.74) is 2.49. The van der Waals surface area contributed by atoms with E-state index in [4.69, 9.17) is 4.98 Å². The van der Waals surface area contributed by atoms with Crippen molar-refractivity contribution in [3.63, 3.8) is 0 Å². The number of fused-ring (bicyclic) bond motifs is 1. The highest BCUT2D eigenvalue weighted by Gasteiger charge is 2.24. The zero-order chi connectivity index (χ0) is 12.5. The second kappa shape index (κ2) is 5.11. The smallest absolute Gasteiger partial charge is 0.125 e. The van der Waals surface area contributed by atoms with Gasteiger partial charge in [0, 0.05) is 21.0 Å². The van der Waals surface area contributed by atoms with Crippen LogP contribution in [0.5, 0.6) is 0 Å². The Morgan fingerprint density at radius 3 is 3.00 bits per heavy atom. The van der Waals surface area contributed by atoms with Gasteiger partial charge in [-0.25, -0.2) is 4.98 Å². The van der Waals surface area contributed by atoms with E-state index in [1.165, 1.54) is 29.0 Å². The molecule has 1 aliphatic carbocycles. The van der Waals surface area contributed by atoms with Gasteiger partial charge in [-0.3, -0.25) is 0 Å². The van der Waals surface area contributed by atoms with Gasteiger partial charge < -0.3 is 5.32 Å². The van der Waals surface area contributed by atoms with Crippen LogP contribution in [0.1, 0.15) is 29.5 Å². The Balaban J connectivity index is 2.05. The molecule has 3 rings (SSSR count). The van der Waals surface area contributed by atoms with Gasteiger partial charge in [-0.2, -0.15) is 0 Å². The molecule has 0 aliphatic heterocycles. The number of thiazole rings is 1. The van der Waals surface area contributed by atoms with Crippen LogP contribution in [-0.2, 0) is 6.42 Å². The normalized spacial score (nSPS) is 18.7. The van der Waals surface area contributed by atoms with Gasteiger partial charge in [0.05, 0.1) is 5.69 Å². The molecule has 18 heavy (non-hydrogen) atoms. The Labute approximate surface area is 120 Å². The third kappa shape index (κ3) is 2.13. The van der Waals surface area contributed by atoms with Crippen LogP contribution in [0.15, 0.2) is 28.7 Å². The number of hydrogen-bond acceptors (Lipinski definition) is 3. The van der Waals surface area contributed by atoms with E-state index in [-0.39, 0.29) is 0 Å². The van der Waals surface area contributed by atoms with E-state index in [0.29, 0.717) is 6.04 Å². The highest BCUT2D eigenvalue weighted by molar-refractivity contribution is 9.10. The predicted molar refractivity (Wildman–Crippen MR) is 80.0 cm³/mol. The minimum Gasteiger partial charge on any atom is -0.312 e. The summed E-state index contributed by atoms with van der Waals surface area (Å²) in [5, 5.41) is 4.53. The summed E-state index contributed by atoms with van der Waals surface area (Å²) < 4.78 is 1.12. The van der Waals surface area contributed by atoms with Crippen molar-refractivity contribution >= 4 is 27.3 Å². The molecule has 0 bridgehead atoms. The van der Waals surface area contributed by atoms with E-state index in [2.05, 4.69) is 39.4 Å². The molecule has 1 N–H and O–H groups in total. The van der Waals surface area contributed by atoms with Crippen LogP contribution >= 0.6 is 27.3 Å².